The molecule has 1 unspecified atom stereocenters. The van der Waals surface area contributed by atoms with Crippen molar-refractivity contribution in [3.8, 4) is 0 Å². The van der Waals surface area contributed by atoms with Gasteiger partial charge < -0.3 is 15.8 Å². The molecule has 6 heteroatoms. The van der Waals surface area contributed by atoms with Crippen LogP contribution in [0.4, 0.5) is 5.69 Å². The molecule has 0 aromatic carbocycles. The second-order valence-corrected chi connectivity index (χ2v) is 3.84. The van der Waals surface area contributed by atoms with Crippen molar-refractivity contribution in [1.29, 1.82) is 0 Å². The highest BCUT2D eigenvalue weighted by molar-refractivity contribution is 5.91. The molecule has 1 atom stereocenters. The Morgan fingerprint density at radius 3 is 3.31 bits per heavy atom. The molecule has 2 heterocycles. The van der Waals surface area contributed by atoms with Crippen molar-refractivity contribution < 1.29 is 9.53 Å². The average Bonchev–Trinajstić information content (AvgIpc) is 2.91. The largest absolute Gasteiger partial charge is 0.376 e. The molecular weight excluding hydrogens is 208 g/mol. The standard InChI is InChI=1S/C10H16N4O2/c11-4-10(15)13-8-5-12-14(6-8)7-9-2-1-3-16-9/h5-6,9H,1-4,7,11H2,(H,13,15). The summed E-state index contributed by atoms with van der Waals surface area (Å²) in [6.07, 6.45) is 5.84. The first kappa shape index (κ1) is 11.1. The zero-order chi connectivity index (χ0) is 11.4. The Kier molecular flexibility index (Phi) is 3.53. The van der Waals surface area contributed by atoms with Crippen molar-refractivity contribution in [2.45, 2.75) is 25.5 Å². The van der Waals surface area contributed by atoms with Crippen LogP contribution in [0, 0.1) is 0 Å². The number of carbonyl (C=O) groups excluding carboxylic acids is 1. The molecule has 1 saturated heterocycles. The van der Waals surface area contributed by atoms with E-state index in [0.29, 0.717) is 5.69 Å². The first-order valence-electron chi connectivity index (χ1n) is 5.42. The van der Waals surface area contributed by atoms with Crippen LogP contribution in [0.1, 0.15) is 12.8 Å². The smallest absolute Gasteiger partial charge is 0.238 e. The lowest BCUT2D eigenvalue weighted by atomic mass is 10.2. The normalized spacial score (nSPS) is 19.9. The van der Waals surface area contributed by atoms with Gasteiger partial charge in [0, 0.05) is 12.8 Å². The fraction of sp³-hybridized carbons (Fsp3) is 0.600. The molecule has 1 aromatic heterocycles. The third kappa shape index (κ3) is 2.80. The lowest BCUT2D eigenvalue weighted by molar-refractivity contribution is -0.114. The molecule has 6 nitrogen and oxygen atoms in total. The summed E-state index contributed by atoms with van der Waals surface area (Å²) in [5.41, 5.74) is 5.87. The van der Waals surface area contributed by atoms with E-state index in [2.05, 4.69) is 10.4 Å². The molecule has 1 aliphatic heterocycles. The summed E-state index contributed by atoms with van der Waals surface area (Å²) in [5, 5.41) is 6.80. The van der Waals surface area contributed by atoms with Gasteiger partial charge in [0.25, 0.3) is 0 Å². The Balaban J connectivity index is 1.88. The molecular formula is C10H16N4O2. The molecule has 16 heavy (non-hydrogen) atoms. The molecule has 1 aromatic rings. The highest BCUT2D eigenvalue weighted by atomic mass is 16.5. The summed E-state index contributed by atoms with van der Waals surface area (Å²) in [5.74, 6) is -0.211. The van der Waals surface area contributed by atoms with E-state index in [9.17, 15) is 4.79 Å². The number of nitrogens with zero attached hydrogens (tertiary/aromatic N) is 2. The molecule has 1 fully saturated rings. The first-order valence-corrected chi connectivity index (χ1v) is 5.42. The molecule has 0 saturated carbocycles. The van der Waals surface area contributed by atoms with Crippen LogP contribution >= 0.6 is 0 Å². The zero-order valence-corrected chi connectivity index (χ0v) is 9.06. The molecule has 0 bridgehead atoms. The zero-order valence-electron chi connectivity index (χ0n) is 9.06. The summed E-state index contributed by atoms with van der Waals surface area (Å²) >= 11 is 0. The Bertz CT molecular complexity index is 357. The maximum Gasteiger partial charge on any atom is 0.238 e. The van der Waals surface area contributed by atoms with Gasteiger partial charge >= 0.3 is 0 Å². The first-order chi connectivity index (χ1) is 7.78. The maximum absolute atomic E-state index is 11.0. The van der Waals surface area contributed by atoms with E-state index >= 15 is 0 Å². The van der Waals surface area contributed by atoms with Crippen LogP contribution in [0.15, 0.2) is 12.4 Å². The monoisotopic (exact) mass is 224 g/mol. The second kappa shape index (κ2) is 5.09. The van der Waals surface area contributed by atoms with Gasteiger partial charge in [0.15, 0.2) is 0 Å². The van der Waals surface area contributed by atoms with Gasteiger partial charge in [-0.15, -0.1) is 0 Å². The number of ether oxygens (including phenoxy) is 1. The van der Waals surface area contributed by atoms with E-state index in [1.54, 1.807) is 17.1 Å². The van der Waals surface area contributed by atoms with Crippen molar-refractivity contribution in [3.63, 3.8) is 0 Å². The van der Waals surface area contributed by atoms with Crippen LogP contribution in [0.2, 0.25) is 0 Å². The number of rotatable bonds is 4. The summed E-state index contributed by atoms with van der Waals surface area (Å²) in [6, 6.07) is 0. The Morgan fingerprint density at radius 1 is 1.75 bits per heavy atom. The fourth-order valence-corrected chi connectivity index (χ4v) is 1.74. The quantitative estimate of drug-likeness (QED) is 0.751. The van der Waals surface area contributed by atoms with Gasteiger partial charge in [-0.2, -0.15) is 5.10 Å². The topological polar surface area (TPSA) is 82.2 Å². The van der Waals surface area contributed by atoms with Gasteiger partial charge in [-0.05, 0) is 12.8 Å². The minimum absolute atomic E-state index is 0.0169. The number of anilines is 1. The van der Waals surface area contributed by atoms with E-state index in [0.717, 1.165) is 26.0 Å². The molecule has 3 N–H and O–H groups in total. The minimum Gasteiger partial charge on any atom is -0.376 e. The van der Waals surface area contributed by atoms with Crippen molar-refractivity contribution in [3.05, 3.63) is 12.4 Å². The molecule has 1 amide bonds. The van der Waals surface area contributed by atoms with Crippen LogP contribution in [0.3, 0.4) is 0 Å². The minimum atomic E-state index is -0.211. The summed E-state index contributed by atoms with van der Waals surface area (Å²) in [7, 11) is 0. The van der Waals surface area contributed by atoms with E-state index in [-0.39, 0.29) is 18.6 Å². The van der Waals surface area contributed by atoms with E-state index in [4.69, 9.17) is 10.5 Å². The van der Waals surface area contributed by atoms with Crippen LogP contribution in [0.5, 0.6) is 0 Å². The second-order valence-electron chi connectivity index (χ2n) is 3.84. The molecule has 2 rings (SSSR count). The third-order valence-electron chi connectivity index (χ3n) is 2.52. The lowest BCUT2D eigenvalue weighted by Crippen LogP contribution is -2.21. The Morgan fingerprint density at radius 2 is 2.62 bits per heavy atom. The molecule has 0 spiro atoms. The Hall–Kier alpha value is -1.40. The predicted octanol–water partition coefficient (Wildman–Crippen LogP) is -0.0407. The number of hydrogen-bond acceptors (Lipinski definition) is 4. The molecule has 1 aliphatic rings. The number of aromatic nitrogens is 2. The van der Waals surface area contributed by atoms with Crippen LogP contribution in [-0.2, 0) is 16.1 Å². The Labute approximate surface area is 93.8 Å². The number of nitrogens with one attached hydrogen (secondary N) is 1. The van der Waals surface area contributed by atoms with E-state index < -0.39 is 0 Å². The van der Waals surface area contributed by atoms with Crippen molar-refractivity contribution in [1.82, 2.24) is 9.78 Å². The third-order valence-corrected chi connectivity index (χ3v) is 2.52. The highest BCUT2D eigenvalue weighted by Crippen LogP contribution is 2.14. The average molecular weight is 224 g/mol. The van der Waals surface area contributed by atoms with Gasteiger partial charge in [0.05, 0.1) is 31.1 Å². The van der Waals surface area contributed by atoms with E-state index in [1.807, 2.05) is 0 Å². The number of carbonyl (C=O) groups is 1. The van der Waals surface area contributed by atoms with Gasteiger partial charge in [-0.1, -0.05) is 0 Å². The number of nitrogens with two attached hydrogens (primary N) is 1. The van der Waals surface area contributed by atoms with Crippen molar-refractivity contribution in [2.24, 2.45) is 5.73 Å². The van der Waals surface area contributed by atoms with E-state index in [1.165, 1.54) is 0 Å². The van der Waals surface area contributed by atoms with Gasteiger partial charge in [0.2, 0.25) is 5.91 Å². The van der Waals surface area contributed by atoms with Gasteiger partial charge in [0.1, 0.15) is 0 Å². The predicted molar refractivity (Wildman–Crippen MR) is 58.9 cm³/mol. The highest BCUT2D eigenvalue weighted by Gasteiger charge is 2.16. The number of hydrogen-bond donors (Lipinski definition) is 2. The van der Waals surface area contributed by atoms with Crippen LogP contribution in [-0.4, -0.2) is 34.9 Å². The maximum atomic E-state index is 11.0. The van der Waals surface area contributed by atoms with Gasteiger partial charge in [-0.25, -0.2) is 0 Å². The molecule has 0 aliphatic carbocycles. The van der Waals surface area contributed by atoms with Gasteiger partial charge in [-0.3, -0.25) is 9.48 Å². The fourth-order valence-electron chi connectivity index (χ4n) is 1.74. The summed E-state index contributed by atoms with van der Waals surface area (Å²) < 4.78 is 7.28. The van der Waals surface area contributed by atoms with Crippen LogP contribution < -0.4 is 11.1 Å². The lowest BCUT2D eigenvalue weighted by Gasteiger charge is -2.08. The van der Waals surface area contributed by atoms with Crippen molar-refractivity contribution >= 4 is 11.6 Å². The number of amides is 1. The molecule has 0 radical (unpaired) electrons. The summed E-state index contributed by atoms with van der Waals surface area (Å²) in [4.78, 5) is 11.0. The molecule has 88 valence electrons. The summed E-state index contributed by atoms with van der Waals surface area (Å²) in [6.45, 7) is 1.55. The van der Waals surface area contributed by atoms with Crippen LogP contribution in [0.25, 0.3) is 0 Å². The van der Waals surface area contributed by atoms with Crippen molar-refractivity contribution in [2.75, 3.05) is 18.5 Å². The SMILES string of the molecule is NCC(=O)Nc1cnn(CC2CCCO2)c1.